The van der Waals surface area contributed by atoms with E-state index in [0.717, 1.165) is 24.2 Å². The summed E-state index contributed by atoms with van der Waals surface area (Å²) in [6.45, 7) is 19.6. The molecule has 1 nitrogen and oxygen atoms in total. The number of hydrogen-bond donors (Lipinski definition) is 1. The Labute approximate surface area is 193 Å². The minimum absolute atomic E-state index is 0.0398. The minimum atomic E-state index is -0.135. The summed E-state index contributed by atoms with van der Waals surface area (Å²) in [5.74, 6) is 3.05. The molecule has 0 aliphatic heterocycles. The zero-order chi connectivity index (χ0) is 22.8. The van der Waals surface area contributed by atoms with Crippen LogP contribution >= 0.6 is 0 Å². The fourth-order valence-electron chi connectivity index (χ4n) is 9.51. The topological polar surface area (TPSA) is 20.2 Å². The van der Waals surface area contributed by atoms with E-state index in [-0.39, 0.29) is 11.5 Å². The van der Waals surface area contributed by atoms with Gasteiger partial charge in [0.15, 0.2) is 0 Å². The van der Waals surface area contributed by atoms with Crippen molar-refractivity contribution in [2.45, 2.75) is 119 Å². The smallest absolute Gasteiger partial charge is 0.0594 e. The fourth-order valence-corrected chi connectivity index (χ4v) is 9.51. The maximum Gasteiger partial charge on any atom is 0.0594 e. The highest BCUT2D eigenvalue weighted by Gasteiger charge is 2.65. The lowest BCUT2D eigenvalue weighted by atomic mass is 9.41. The summed E-state index contributed by atoms with van der Waals surface area (Å²) in [5.41, 5.74) is 4.49. The van der Waals surface area contributed by atoms with Gasteiger partial charge in [-0.2, -0.15) is 0 Å². The third-order valence-corrected chi connectivity index (χ3v) is 11.7. The summed E-state index contributed by atoms with van der Waals surface area (Å²) in [5, 5.41) is 10.8. The summed E-state index contributed by atoms with van der Waals surface area (Å²) in [7, 11) is 0. The van der Waals surface area contributed by atoms with Gasteiger partial charge in [-0.3, -0.25) is 0 Å². The third-order valence-electron chi connectivity index (χ3n) is 11.7. The summed E-state index contributed by atoms with van der Waals surface area (Å²) >= 11 is 0. The van der Waals surface area contributed by atoms with Crippen LogP contribution in [0, 0.1) is 45.3 Å². The SMILES string of the molecule is CC(C)=CCC[C@@H](C)[C@H]1CC[C@@]2(C)C3CC[C@H]4C(C)(C)[C@@H](O)CC[C@]4(C)C3=CC[C@]12C. The zero-order valence-electron chi connectivity index (χ0n) is 21.9. The minimum Gasteiger partial charge on any atom is -0.393 e. The largest absolute Gasteiger partial charge is 0.393 e. The zero-order valence-corrected chi connectivity index (χ0v) is 21.9. The van der Waals surface area contributed by atoms with Crippen molar-refractivity contribution in [3.05, 3.63) is 23.3 Å². The predicted molar refractivity (Wildman–Crippen MR) is 133 cm³/mol. The van der Waals surface area contributed by atoms with Crippen LogP contribution in [0.5, 0.6) is 0 Å². The number of aliphatic hydroxyl groups excluding tert-OH is 1. The lowest BCUT2D eigenvalue weighted by Crippen LogP contribution is -2.57. The van der Waals surface area contributed by atoms with Gasteiger partial charge in [-0.05, 0) is 117 Å². The van der Waals surface area contributed by atoms with E-state index in [4.69, 9.17) is 0 Å². The quantitative estimate of drug-likeness (QED) is 0.448. The molecule has 0 aromatic rings. The second-order valence-electron chi connectivity index (χ2n) is 13.7. The van der Waals surface area contributed by atoms with Crippen LogP contribution in [0.1, 0.15) is 113 Å². The molecule has 8 atom stereocenters. The van der Waals surface area contributed by atoms with Crippen LogP contribution in [0.15, 0.2) is 23.3 Å². The van der Waals surface area contributed by atoms with E-state index in [0.29, 0.717) is 22.2 Å². The van der Waals surface area contributed by atoms with Crippen molar-refractivity contribution in [3.8, 4) is 0 Å². The van der Waals surface area contributed by atoms with Crippen molar-refractivity contribution >= 4 is 0 Å². The second-order valence-corrected chi connectivity index (χ2v) is 13.7. The maximum atomic E-state index is 10.8. The first-order valence-corrected chi connectivity index (χ1v) is 13.4. The van der Waals surface area contributed by atoms with E-state index in [1.54, 1.807) is 5.57 Å². The molecular formula is C30H50O. The highest BCUT2D eigenvalue weighted by Crippen LogP contribution is 2.73. The molecule has 0 amide bonds. The van der Waals surface area contributed by atoms with Gasteiger partial charge < -0.3 is 5.11 Å². The van der Waals surface area contributed by atoms with Crippen LogP contribution in [0.2, 0.25) is 0 Å². The Balaban J connectivity index is 1.63. The lowest BCUT2D eigenvalue weighted by Gasteiger charge is -2.64. The first-order valence-electron chi connectivity index (χ1n) is 13.4. The molecule has 0 saturated heterocycles. The number of aliphatic hydroxyl groups is 1. The van der Waals surface area contributed by atoms with Gasteiger partial charge >= 0.3 is 0 Å². The molecular weight excluding hydrogens is 376 g/mol. The van der Waals surface area contributed by atoms with Gasteiger partial charge in [0.1, 0.15) is 0 Å². The molecule has 1 N–H and O–H groups in total. The number of hydrogen-bond acceptors (Lipinski definition) is 1. The fraction of sp³-hybridized carbons (Fsp3) is 0.867. The van der Waals surface area contributed by atoms with Crippen molar-refractivity contribution in [3.63, 3.8) is 0 Å². The molecule has 31 heavy (non-hydrogen) atoms. The normalized spacial score (nSPS) is 46.9. The molecule has 176 valence electrons. The predicted octanol–water partition coefficient (Wildman–Crippen LogP) is 8.34. The van der Waals surface area contributed by atoms with Crippen LogP contribution < -0.4 is 0 Å². The molecule has 0 heterocycles. The first kappa shape index (κ1) is 23.6. The molecule has 4 aliphatic carbocycles. The van der Waals surface area contributed by atoms with E-state index < -0.39 is 0 Å². The van der Waals surface area contributed by atoms with Gasteiger partial charge in [-0.25, -0.2) is 0 Å². The van der Waals surface area contributed by atoms with E-state index in [1.165, 1.54) is 56.9 Å². The Hall–Kier alpha value is -0.560. The van der Waals surface area contributed by atoms with Crippen LogP contribution in [-0.2, 0) is 0 Å². The first-order chi connectivity index (χ1) is 14.4. The van der Waals surface area contributed by atoms with E-state index >= 15 is 0 Å². The Morgan fingerprint density at radius 2 is 1.74 bits per heavy atom. The third kappa shape index (κ3) is 3.34. The standard InChI is InChI=1S/C30H50O/c1-20(2)10-9-11-21(3)22-14-18-30(8)24-12-13-25-27(4,5)26(31)16-17-28(25,6)23(24)15-19-29(22,30)7/h10,15,21-22,24-26,31H,9,11-14,16-19H2,1-8H3/t21-,22-,24?,25+,26+,28-,29-,30+/m1/s1. The summed E-state index contributed by atoms with van der Waals surface area (Å²) in [6, 6.07) is 0. The molecule has 0 spiro atoms. The van der Waals surface area contributed by atoms with Crippen LogP contribution in [-0.4, -0.2) is 11.2 Å². The number of rotatable bonds is 4. The monoisotopic (exact) mass is 426 g/mol. The van der Waals surface area contributed by atoms with Gasteiger partial charge in [0.2, 0.25) is 0 Å². The average molecular weight is 427 g/mol. The molecule has 1 unspecified atom stereocenters. The molecule has 0 aromatic heterocycles. The van der Waals surface area contributed by atoms with Crippen LogP contribution in [0.4, 0.5) is 0 Å². The van der Waals surface area contributed by atoms with E-state index in [2.05, 4.69) is 67.5 Å². The summed E-state index contributed by atoms with van der Waals surface area (Å²) in [6.07, 6.45) is 16.5. The summed E-state index contributed by atoms with van der Waals surface area (Å²) < 4.78 is 0. The number of fused-ring (bicyclic) bond motifs is 5. The molecule has 3 saturated carbocycles. The van der Waals surface area contributed by atoms with Crippen molar-refractivity contribution in [1.29, 1.82) is 0 Å². The van der Waals surface area contributed by atoms with Crippen molar-refractivity contribution in [2.24, 2.45) is 45.3 Å². The Morgan fingerprint density at radius 1 is 1.03 bits per heavy atom. The molecule has 1 heteroatoms. The van der Waals surface area contributed by atoms with Crippen LogP contribution in [0.25, 0.3) is 0 Å². The molecule has 3 fully saturated rings. The Bertz CT molecular complexity index is 754. The highest BCUT2D eigenvalue weighted by atomic mass is 16.3. The van der Waals surface area contributed by atoms with Crippen molar-refractivity contribution < 1.29 is 5.11 Å². The Kier molecular flexibility index (Phi) is 5.90. The molecule has 4 aliphatic rings. The maximum absolute atomic E-state index is 10.8. The lowest BCUT2D eigenvalue weighted by molar-refractivity contribution is -0.118. The number of allylic oxidation sites excluding steroid dienone is 4. The summed E-state index contributed by atoms with van der Waals surface area (Å²) in [4.78, 5) is 0. The van der Waals surface area contributed by atoms with Gasteiger partial charge in [0.05, 0.1) is 6.10 Å². The van der Waals surface area contributed by atoms with Crippen molar-refractivity contribution in [2.75, 3.05) is 0 Å². The molecule has 0 radical (unpaired) electrons. The Morgan fingerprint density at radius 3 is 2.42 bits per heavy atom. The van der Waals surface area contributed by atoms with Gasteiger partial charge in [0, 0.05) is 0 Å². The molecule has 0 aromatic carbocycles. The van der Waals surface area contributed by atoms with E-state index in [9.17, 15) is 5.11 Å². The van der Waals surface area contributed by atoms with Gasteiger partial charge in [-0.15, -0.1) is 0 Å². The highest BCUT2D eigenvalue weighted by molar-refractivity contribution is 5.32. The van der Waals surface area contributed by atoms with Crippen LogP contribution in [0.3, 0.4) is 0 Å². The molecule has 0 bridgehead atoms. The van der Waals surface area contributed by atoms with E-state index in [1.807, 2.05) is 0 Å². The van der Waals surface area contributed by atoms with Crippen molar-refractivity contribution in [1.82, 2.24) is 0 Å². The van der Waals surface area contributed by atoms with Gasteiger partial charge in [0.25, 0.3) is 0 Å². The van der Waals surface area contributed by atoms with Gasteiger partial charge in [-0.1, -0.05) is 64.8 Å². The second kappa shape index (κ2) is 7.75. The molecule has 4 rings (SSSR count). The average Bonchev–Trinajstić information content (AvgIpc) is 2.96.